The van der Waals surface area contributed by atoms with Gasteiger partial charge in [-0.15, -0.1) is 0 Å². The molecule has 2 aliphatic rings. The van der Waals surface area contributed by atoms with Crippen molar-refractivity contribution in [3.63, 3.8) is 0 Å². The minimum atomic E-state index is -1.12. The van der Waals surface area contributed by atoms with Crippen LogP contribution in [0.1, 0.15) is 20.7 Å². The normalized spacial score (nSPS) is 19.3. The zero-order chi connectivity index (χ0) is 24.0. The molecule has 0 bridgehead atoms. The fraction of sp³-hybridized carbons (Fsp3) is 0.0800. The van der Waals surface area contributed by atoms with E-state index in [1.165, 1.54) is 41.4 Å². The van der Waals surface area contributed by atoms with E-state index >= 15 is 0 Å². The standard InChI is InChI=1S/C25H16ClN3O5/c26-16-10-6-14(7-11-16)22(30)20-19-21(29(27-20)18-4-2-1-3-5-18)24(32)28(23(19)31)17-12-8-15(9-13-17)25(33)34/h1-13,19,21H,(H,33,34). The van der Waals surface area contributed by atoms with E-state index in [0.717, 1.165) is 4.90 Å². The molecule has 2 aliphatic heterocycles. The summed E-state index contributed by atoms with van der Waals surface area (Å²) in [6.07, 6.45) is 0. The maximum atomic E-state index is 13.5. The third-order valence-corrected chi connectivity index (χ3v) is 6.03. The van der Waals surface area contributed by atoms with E-state index in [1.54, 1.807) is 42.5 Å². The second-order valence-electron chi connectivity index (χ2n) is 7.79. The van der Waals surface area contributed by atoms with Gasteiger partial charge in [0.2, 0.25) is 11.7 Å². The van der Waals surface area contributed by atoms with Gasteiger partial charge in [0.1, 0.15) is 17.7 Å². The molecule has 1 N–H and O–H groups in total. The number of hydrogen-bond donors (Lipinski definition) is 1. The van der Waals surface area contributed by atoms with Crippen molar-refractivity contribution in [3.8, 4) is 0 Å². The summed E-state index contributed by atoms with van der Waals surface area (Å²) >= 11 is 5.94. The molecule has 3 aromatic rings. The molecule has 0 radical (unpaired) electrons. The number of anilines is 2. The van der Waals surface area contributed by atoms with Gasteiger partial charge in [0.15, 0.2) is 0 Å². The number of hydrogen-bond acceptors (Lipinski definition) is 6. The molecule has 3 aromatic carbocycles. The number of imide groups is 1. The quantitative estimate of drug-likeness (QED) is 0.447. The van der Waals surface area contributed by atoms with E-state index in [9.17, 15) is 19.2 Å². The number of carboxylic acids is 1. The van der Waals surface area contributed by atoms with Crippen LogP contribution in [0.4, 0.5) is 11.4 Å². The number of aromatic carboxylic acids is 1. The molecule has 8 nitrogen and oxygen atoms in total. The minimum absolute atomic E-state index is 0.0223. The molecule has 2 unspecified atom stereocenters. The van der Waals surface area contributed by atoms with E-state index in [0.29, 0.717) is 16.3 Å². The molecule has 0 spiro atoms. The Hall–Kier alpha value is -4.30. The van der Waals surface area contributed by atoms with Crippen LogP contribution in [0.15, 0.2) is 84.0 Å². The van der Waals surface area contributed by atoms with Gasteiger partial charge in [0, 0.05) is 10.6 Å². The molecule has 5 rings (SSSR count). The lowest BCUT2D eigenvalue weighted by Gasteiger charge is -2.22. The fourth-order valence-corrected chi connectivity index (χ4v) is 4.28. The molecule has 2 atom stereocenters. The third-order valence-electron chi connectivity index (χ3n) is 5.78. The largest absolute Gasteiger partial charge is 0.478 e. The number of carboxylic acid groups (broad SMARTS) is 1. The van der Waals surface area contributed by atoms with E-state index in [4.69, 9.17) is 16.7 Å². The van der Waals surface area contributed by atoms with Gasteiger partial charge in [-0.2, -0.15) is 5.10 Å². The number of fused-ring (bicyclic) bond motifs is 1. The monoisotopic (exact) mass is 473 g/mol. The molecule has 2 heterocycles. The Morgan fingerprint density at radius 2 is 1.41 bits per heavy atom. The Labute approximate surface area is 198 Å². The summed E-state index contributed by atoms with van der Waals surface area (Å²) in [5.41, 5.74) is 1.05. The Morgan fingerprint density at radius 3 is 2.03 bits per heavy atom. The number of carbonyl (C=O) groups is 4. The van der Waals surface area contributed by atoms with Crippen molar-refractivity contribution in [2.45, 2.75) is 6.04 Å². The number of ketones is 1. The molecule has 0 aliphatic carbocycles. The first kappa shape index (κ1) is 21.5. The van der Waals surface area contributed by atoms with E-state index < -0.39 is 35.5 Å². The molecule has 2 amide bonds. The van der Waals surface area contributed by atoms with Crippen LogP contribution >= 0.6 is 11.6 Å². The number of nitrogens with zero attached hydrogens (tertiary/aromatic N) is 3. The average molecular weight is 474 g/mol. The molecule has 9 heteroatoms. The van der Waals surface area contributed by atoms with Gasteiger partial charge in [-0.1, -0.05) is 29.8 Å². The molecule has 0 aromatic heterocycles. The number of Topliss-reactive ketones (excluding diaryl/α,β-unsaturated/α-hetero) is 1. The highest BCUT2D eigenvalue weighted by Crippen LogP contribution is 2.38. The van der Waals surface area contributed by atoms with Gasteiger partial charge in [-0.25, -0.2) is 9.69 Å². The average Bonchev–Trinajstić information content (AvgIpc) is 3.36. The molecular weight excluding hydrogens is 458 g/mol. The van der Waals surface area contributed by atoms with Crippen molar-refractivity contribution in [1.82, 2.24) is 0 Å². The number of hydrazone groups is 1. The molecule has 1 fully saturated rings. The summed E-state index contributed by atoms with van der Waals surface area (Å²) in [5, 5.41) is 15.4. The van der Waals surface area contributed by atoms with E-state index in [-0.39, 0.29) is 17.0 Å². The summed E-state index contributed by atoms with van der Waals surface area (Å²) in [6.45, 7) is 0. The second kappa shape index (κ2) is 8.24. The van der Waals surface area contributed by atoms with Crippen LogP contribution in [-0.4, -0.2) is 40.4 Å². The van der Waals surface area contributed by atoms with Crippen LogP contribution in [-0.2, 0) is 9.59 Å². The molecule has 0 saturated carbocycles. The summed E-state index contributed by atoms with van der Waals surface area (Å²) < 4.78 is 0. The highest BCUT2D eigenvalue weighted by molar-refractivity contribution is 6.53. The SMILES string of the molecule is O=C(O)c1ccc(N2C(=O)C3C(C(=O)c4ccc(Cl)cc4)=NN(c4ccccc4)C3C2=O)cc1. The summed E-state index contributed by atoms with van der Waals surface area (Å²) in [7, 11) is 0. The number of para-hydroxylation sites is 1. The fourth-order valence-electron chi connectivity index (χ4n) is 4.15. The van der Waals surface area contributed by atoms with Gasteiger partial charge in [-0.05, 0) is 60.7 Å². The molecule has 168 valence electrons. The number of amides is 2. The van der Waals surface area contributed by atoms with Crippen LogP contribution in [0.25, 0.3) is 0 Å². The zero-order valence-corrected chi connectivity index (χ0v) is 18.2. The van der Waals surface area contributed by atoms with Gasteiger partial charge < -0.3 is 5.11 Å². The van der Waals surface area contributed by atoms with E-state index in [2.05, 4.69) is 5.10 Å². The molecule has 1 saturated heterocycles. The maximum Gasteiger partial charge on any atom is 0.335 e. The van der Waals surface area contributed by atoms with Gasteiger partial charge >= 0.3 is 5.97 Å². The minimum Gasteiger partial charge on any atom is -0.478 e. The van der Waals surface area contributed by atoms with Gasteiger partial charge in [-0.3, -0.25) is 19.4 Å². The number of halogens is 1. The van der Waals surface area contributed by atoms with Crippen LogP contribution in [0, 0.1) is 5.92 Å². The lowest BCUT2D eigenvalue weighted by molar-refractivity contribution is -0.121. The number of rotatable bonds is 5. The first-order valence-corrected chi connectivity index (χ1v) is 10.7. The molecule has 34 heavy (non-hydrogen) atoms. The predicted molar refractivity (Wildman–Crippen MR) is 125 cm³/mol. The van der Waals surface area contributed by atoms with Crippen molar-refractivity contribution in [2.75, 3.05) is 9.91 Å². The highest BCUT2D eigenvalue weighted by Gasteiger charge is 2.58. The lowest BCUT2D eigenvalue weighted by Crippen LogP contribution is -2.39. The van der Waals surface area contributed by atoms with Crippen molar-refractivity contribution in [1.29, 1.82) is 0 Å². The molecular formula is C25H16ClN3O5. The second-order valence-corrected chi connectivity index (χ2v) is 8.22. The highest BCUT2D eigenvalue weighted by atomic mass is 35.5. The van der Waals surface area contributed by atoms with E-state index in [1.807, 2.05) is 0 Å². The summed E-state index contributed by atoms with van der Waals surface area (Å²) in [5.74, 6) is -3.87. The predicted octanol–water partition coefficient (Wildman–Crippen LogP) is 3.66. The first-order valence-electron chi connectivity index (χ1n) is 10.3. The number of benzene rings is 3. The smallest absolute Gasteiger partial charge is 0.335 e. The Morgan fingerprint density at radius 1 is 0.794 bits per heavy atom. The Bertz CT molecular complexity index is 1350. The van der Waals surface area contributed by atoms with Crippen LogP contribution in [0.3, 0.4) is 0 Å². The number of carbonyl (C=O) groups excluding carboxylic acids is 3. The topological polar surface area (TPSA) is 107 Å². The van der Waals surface area contributed by atoms with Crippen LogP contribution in [0.2, 0.25) is 5.02 Å². The summed E-state index contributed by atoms with van der Waals surface area (Å²) in [4.78, 5) is 52.5. The maximum absolute atomic E-state index is 13.5. The van der Waals surface area contributed by atoms with Crippen molar-refractivity contribution < 1.29 is 24.3 Å². The third kappa shape index (κ3) is 3.45. The zero-order valence-electron chi connectivity index (χ0n) is 17.5. The summed E-state index contributed by atoms with van der Waals surface area (Å²) in [6, 6.07) is 19.4. The first-order chi connectivity index (χ1) is 16.4. The Kier molecular flexibility index (Phi) is 5.22. The van der Waals surface area contributed by atoms with Gasteiger partial charge in [0.05, 0.1) is 16.9 Å². The lowest BCUT2D eigenvalue weighted by atomic mass is 9.92. The van der Waals surface area contributed by atoms with Gasteiger partial charge in [0.25, 0.3) is 5.91 Å². The van der Waals surface area contributed by atoms with Crippen molar-refractivity contribution in [3.05, 3.63) is 95.0 Å². The van der Waals surface area contributed by atoms with Crippen LogP contribution < -0.4 is 9.91 Å². The van der Waals surface area contributed by atoms with Crippen molar-refractivity contribution in [2.24, 2.45) is 11.0 Å². The van der Waals surface area contributed by atoms with Crippen molar-refractivity contribution >= 4 is 52.3 Å². The Balaban J connectivity index is 1.58. The van der Waals surface area contributed by atoms with Crippen LogP contribution in [0.5, 0.6) is 0 Å².